The van der Waals surface area contributed by atoms with Gasteiger partial charge in [-0.05, 0) is 59.0 Å². The van der Waals surface area contributed by atoms with Crippen LogP contribution in [0.15, 0.2) is 72.8 Å². The smallest absolute Gasteiger partial charge is 0.249 e. The molecule has 0 saturated heterocycles. The van der Waals surface area contributed by atoms with Gasteiger partial charge in [0.1, 0.15) is 0 Å². The maximum Gasteiger partial charge on any atom is 0.249 e. The summed E-state index contributed by atoms with van der Waals surface area (Å²) in [7, 11) is 0. The zero-order chi connectivity index (χ0) is 21.5. The highest BCUT2D eigenvalue weighted by Crippen LogP contribution is 2.34. The van der Waals surface area contributed by atoms with Gasteiger partial charge in [0, 0.05) is 28.4 Å². The Labute approximate surface area is 182 Å². The van der Waals surface area contributed by atoms with Crippen LogP contribution in [0, 0.1) is 6.92 Å². The van der Waals surface area contributed by atoms with E-state index in [-0.39, 0.29) is 5.91 Å². The Morgan fingerprint density at radius 2 is 1.74 bits per heavy atom. The van der Waals surface area contributed by atoms with Crippen molar-refractivity contribution in [1.82, 2.24) is 4.57 Å². The van der Waals surface area contributed by atoms with Gasteiger partial charge in [0.05, 0.1) is 5.52 Å². The van der Waals surface area contributed by atoms with Crippen LogP contribution in [-0.4, -0.2) is 10.5 Å². The number of nitrogens with zero attached hydrogens (tertiary/aromatic N) is 1. The van der Waals surface area contributed by atoms with E-state index in [1.807, 2.05) is 12.1 Å². The van der Waals surface area contributed by atoms with Crippen LogP contribution in [0.3, 0.4) is 0 Å². The third-order valence-corrected chi connectivity index (χ3v) is 6.35. The van der Waals surface area contributed by atoms with Gasteiger partial charge >= 0.3 is 0 Å². The van der Waals surface area contributed by atoms with Crippen molar-refractivity contribution < 1.29 is 4.79 Å². The van der Waals surface area contributed by atoms with Gasteiger partial charge in [-0.25, -0.2) is 0 Å². The molecule has 3 nitrogen and oxygen atoms in total. The van der Waals surface area contributed by atoms with Gasteiger partial charge in [-0.15, -0.1) is 0 Å². The van der Waals surface area contributed by atoms with Crippen molar-refractivity contribution in [2.75, 3.05) is 0 Å². The first-order valence-electron chi connectivity index (χ1n) is 10.9. The first-order valence-corrected chi connectivity index (χ1v) is 10.9. The van der Waals surface area contributed by atoms with Gasteiger partial charge in [-0.2, -0.15) is 0 Å². The Kier molecular flexibility index (Phi) is 4.74. The van der Waals surface area contributed by atoms with Crippen molar-refractivity contribution >= 4 is 38.5 Å². The van der Waals surface area contributed by atoms with Gasteiger partial charge in [-0.3, -0.25) is 4.79 Å². The molecule has 0 atom stereocenters. The average Bonchev–Trinajstić information content (AvgIpc) is 3.09. The van der Waals surface area contributed by atoms with Gasteiger partial charge < -0.3 is 10.3 Å². The summed E-state index contributed by atoms with van der Waals surface area (Å²) >= 11 is 0. The maximum atomic E-state index is 12.2. The molecular formula is C28H26N2O. The van der Waals surface area contributed by atoms with E-state index in [9.17, 15) is 4.79 Å². The lowest BCUT2D eigenvalue weighted by Gasteiger charge is -2.14. The SMILES string of the molecule is CCCc1ccc2c3c(C(N)=O)cccc3n(Cc3c(C)ccc4ccccc34)c2c1. The number of rotatable bonds is 5. The summed E-state index contributed by atoms with van der Waals surface area (Å²) in [6.07, 6.45) is 2.13. The van der Waals surface area contributed by atoms with Crippen molar-refractivity contribution in [3.05, 3.63) is 95.1 Å². The molecule has 0 bridgehead atoms. The van der Waals surface area contributed by atoms with E-state index in [1.165, 1.54) is 27.5 Å². The molecule has 154 valence electrons. The van der Waals surface area contributed by atoms with Crippen molar-refractivity contribution in [2.45, 2.75) is 33.2 Å². The van der Waals surface area contributed by atoms with E-state index < -0.39 is 0 Å². The number of hydrogen-bond donors (Lipinski definition) is 1. The summed E-state index contributed by atoms with van der Waals surface area (Å²) in [6, 6.07) is 25.4. The van der Waals surface area contributed by atoms with Crippen LogP contribution in [0.2, 0.25) is 0 Å². The van der Waals surface area contributed by atoms with Crippen molar-refractivity contribution in [3.8, 4) is 0 Å². The molecule has 1 aromatic heterocycles. The third kappa shape index (κ3) is 3.17. The molecule has 2 N–H and O–H groups in total. The van der Waals surface area contributed by atoms with Gasteiger partial charge in [0.25, 0.3) is 0 Å². The highest BCUT2D eigenvalue weighted by Gasteiger charge is 2.18. The number of carbonyl (C=O) groups excluding carboxylic acids is 1. The van der Waals surface area contributed by atoms with Crippen LogP contribution < -0.4 is 5.73 Å². The number of aromatic nitrogens is 1. The Morgan fingerprint density at radius 1 is 0.903 bits per heavy atom. The zero-order valence-corrected chi connectivity index (χ0v) is 18.0. The fourth-order valence-corrected chi connectivity index (χ4v) is 4.82. The van der Waals surface area contributed by atoms with Crippen LogP contribution in [0.25, 0.3) is 32.6 Å². The molecule has 5 rings (SSSR count). The first-order chi connectivity index (χ1) is 15.1. The number of amides is 1. The summed E-state index contributed by atoms with van der Waals surface area (Å²) in [5.41, 5.74) is 12.4. The molecule has 0 aliphatic rings. The second kappa shape index (κ2) is 7.59. The summed E-state index contributed by atoms with van der Waals surface area (Å²) in [5.74, 6) is -0.386. The lowest BCUT2D eigenvalue weighted by molar-refractivity contribution is 0.100. The molecule has 0 saturated carbocycles. The first kappa shape index (κ1) is 19.4. The fourth-order valence-electron chi connectivity index (χ4n) is 4.82. The quantitative estimate of drug-likeness (QED) is 0.363. The molecule has 0 aliphatic carbocycles. The standard InChI is InChI=1S/C28H26N2O/c1-3-7-19-13-15-22-26(16-19)30(25-11-6-10-23(27(22)25)28(29)31)17-24-18(2)12-14-20-8-4-5-9-21(20)24/h4-6,8-16H,3,7,17H2,1-2H3,(H2,29,31). The van der Waals surface area contributed by atoms with E-state index in [2.05, 4.69) is 79.1 Å². The molecule has 0 fully saturated rings. The number of benzene rings is 4. The minimum atomic E-state index is -0.386. The molecule has 0 aliphatic heterocycles. The molecule has 4 aromatic carbocycles. The molecule has 5 aromatic rings. The molecule has 3 heteroatoms. The maximum absolute atomic E-state index is 12.2. The summed E-state index contributed by atoms with van der Waals surface area (Å²) < 4.78 is 2.35. The largest absolute Gasteiger partial charge is 0.366 e. The lowest BCUT2D eigenvalue weighted by atomic mass is 9.99. The van der Waals surface area contributed by atoms with Gasteiger partial charge in [0.15, 0.2) is 0 Å². The number of primary amides is 1. The normalized spacial score (nSPS) is 11.5. The summed E-state index contributed by atoms with van der Waals surface area (Å²) in [4.78, 5) is 12.2. The topological polar surface area (TPSA) is 48.0 Å². The third-order valence-electron chi connectivity index (χ3n) is 6.35. The molecule has 0 unspecified atom stereocenters. The Hall–Kier alpha value is -3.59. The van der Waals surface area contributed by atoms with Crippen LogP contribution in [0.4, 0.5) is 0 Å². The molecule has 0 spiro atoms. The molecule has 0 radical (unpaired) electrons. The van der Waals surface area contributed by atoms with Crippen LogP contribution in [0.5, 0.6) is 0 Å². The van der Waals surface area contributed by atoms with E-state index in [0.29, 0.717) is 5.56 Å². The predicted octanol–water partition coefficient (Wildman–Crippen LogP) is 6.36. The minimum absolute atomic E-state index is 0.386. The minimum Gasteiger partial charge on any atom is -0.366 e. The highest BCUT2D eigenvalue weighted by molar-refractivity contribution is 6.18. The molecular weight excluding hydrogens is 380 g/mol. The van der Waals surface area contributed by atoms with Gasteiger partial charge in [-0.1, -0.05) is 67.9 Å². The number of hydrogen-bond acceptors (Lipinski definition) is 1. The Morgan fingerprint density at radius 3 is 2.55 bits per heavy atom. The Bertz CT molecular complexity index is 1460. The summed E-state index contributed by atoms with van der Waals surface area (Å²) in [5, 5.41) is 4.55. The van der Waals surface area contributed by atoms with Crippen LogP contribution in [0.1, 0.15) is 40.4 Å². The van der Waals surface area contributed by atoms with Crippen molar-refractivity contribution in [3.63, 3.8) is 0 Å². The highest BCUT2D eigenvalue weighted by atomic mass is 16.1. The number of nitrogens with two attached hydrogens (primary N) is 1. The van der Waals surface area contributed by atoms with Crippen molar-refractivity contribution in [2.24, 2.45) is 5.73 Å². The summed E-state index contributed by atoms with van der Waals surface area (Å²) in [6.45, 7) is 5.11. The molecule has 1 amide bonds. The zero-order valence-electron chi connectivity index (χ0n) is 18.0. The number of fused-ring (bicyclic) bond motifs is 4. The van der Waals surface area contributed by atoms with Crippen molar-refractivity contribution in [1.29, 1.82) is 0 Å². The lowest BCUT2D eigenvalue weighted by Crippen LogP contribution is -2.11. The van der Waals surface area contributed by atoms with Crippen LogP contribution in [-0.2, 0) is 13.0 Å². The fraction of sp³-hybridized carbons (Fsp3) is 0.179. The van der Waals surface area contributed by atoms with E-state index in [0.717, 1.165) is 41.2 Å². The van der Waals surface area contributed by atoms with Gasteiger partial charge in [0.2, 0.25) is 5.91 Å². The second-order valence-electron chi connectivity index (χ2n) is 8.33. The number of carbonyl (C=O) groups is 1. The molecule has 31 heavy (non-hydrogen) atoms. The molecule has 1 heterocycles. The van der Waals surface area contributed by atoms with Crippen LogP contribution >= 0.6 is 0 Å². The van der Waals surface area contributed by atoms with E-state index in [1.54, 1.807) is 0 Å². The average molecular weight is 407 g/mol. The Balaban J connectivity index is 1.84. The number of aryl methyl sites for hydroxylation is 2. The van der Waals surface area contributed by atoms with E-state index >= 15 is 0 Å². The predicted molar refractivity (Wildman–Crippen MR) is 130 cm³/mol. The second-order valence-corrected chi connectivity index (χ2v) is 8.33. The van der Waals surface area contributed by atoms with E-state index in [4.69, 9.17) is 5.73 Å². The monoisotopic (exact) mass is 406 g/mol.